The minimum absolute atomic E-state index is 0.324. The highest BCUT2D eigenvalue weighted by atomic mass is 32.1. The van der Waals surface area contributed by atoms with E-state index < -0.39 is 17.5 Å². The summed E-state index contributed by atoms with van der Waals surface area (Å²) in [6, 6.07) is 8.22. The molecule has 3 heterocycles. The summed E-state index contributed by atoms with van der Waals surface area (Å²) < 4.78 is 0. The molecule has 1 fully saturated rings. The van der Waals surface area contributed by atoms with Gasteiger partial charge in [-0.1, -0.05) is 12.1 Å². The van der Waals surface area contributed by atoms with Crippen molar-refractivity contribution in [3.8, 4) is 10.6 Å². The van der Waals surface area contributed by atoms with Gasteiger partial charge in [0, 0.05) is 22.0 Å². The summed E-state index contributed by atoms with van der Waals surface area (Å²) in [5.74, 6) is -0.772. The Hall–Kier alpha value is -3.04. The van der Waals surface area contributed by atoms with E-state index in [0.29, 0.717) is 16.9 Å². The molecule has 136 valence electrons. The summed E-state index contributed by atoms with van der Waals surface area (Å²) in [6.45, 7) is 1.61. The number of thiophene rings is 1. The number of hydrogen-bond acceptors (Lipinski definition) is 6. The average Bonchev–Trinajstić information content (AvgIpc) is 3.36. The quantitative estimate of drug-likeness (QED) is 0.588. The van der Waals surface area contributed by atoms with Crippen LogP contribution in [0.15, 0.2) is 46.5 Å². The molecule has 1 aliphatic rings. The van der Waals surface area contributed by atoms with Gasteiger partial charge < -0.3 is 10.6 Å². The number of thiazole rings is 1. The van der Waals surface area contributed by atoms with Gasteiger partial charge in [-0.15, -0.1) is 11.3 Å². The van der Waals surface area contributed by atoms with E-state index in [1.807, 2.05) is 16.8 Å². The molecule has 0 aliphatic carbocycles. The second-order valence-corrected chi connectivity index (χ2v) is 7.76. The molecule has 4 rings (SSSR count). The number of rotatable bonds is 4. The van der Waals surface area contributed by atoms with Gasteiger partial charge in [0.15, 0.2) is 0 Å². The topological polar surface area (TPSA) is 100 Å². The fourth-order valence-corrected chi connectivity index (χ4v) is 4.26. The van der Waals surface area contributed by atoms with Crippen molar-refractivity contribution in [1.82, 2.24) is 15.6 Å². The minimum atomic E-state index is -1.18. The molecule has 2 aromatic heterocycles. The van der Waals surface area contributed by atoms with Gasteiger partial charge in [0.1, 0.15) is 16.2 Å². The molecular weight excluding hydrogens is 384 g/mol. The van der Waals surface area contributed by atoms with Crippen molar-refractivity contribution in [2.75, 3.05) is 5.32 Å². The molecular formula is C18H14N4O3S2. The lowest BCUT2D eigenvalue weighted by molar-refractivity contribution is -0.123. The van der Waals surface area contributed by atoms with Gasteiger partial charge in [0.2, 0.25) is 0 Å². The fourth-order valence-electron chi connectivity index (χ4n) is 2.75. The van der Waals surface area contributed by atoms with Gasteiger partial charge in [0.05, 0.1) is 0 Å². The van der Waals surface area contributed by atoms with Crippen LogP contribution in [0, 0.1) is 0 Å². The summed E-state index contributed by atoms with van der Waals surface area (Å²) in [5.41, 5.74) is 1.22. The first kappa shape index (κ1) is 17.4. The second-order valence-electron chi connectivity index (χ2n) is 6.12. The van der Waals surface area contributed by atoms with Crippen LogP contribution in [0.4, 0.5) is 10.5 Å². The Morgan fingerprint density at radius 3 is 2.78 bits per heavy atom. The molecule has 7 nitrogen and oxygen atoms in total. The second kappa shape index (κ2) is 6.60. The van der Waals surface area contributed by atoms with Crippen LogP contribution in [-0.4, -0.2) is 22.8 Å². The predicted octanol–water partition coefficient (Wildman–Crippen LogP) is 3.18. The Kier molecular flexibility index (Phi) is 4.25. The molecule has 0 saturated carbocycles. The first-order valence-electron chi connectivity index (χ1n) is 7.99. The zero-order valence-electron chi connectivity index (χ0n) is 14.1. The van der Waals surface area contributed by atoms with E-state index in [1.54, 1.807) is 47.9 Å². The van der Waals surface area contributed by atoms with Gasteiger partial charge in [-0.25, -0.2) is 9.78 Å². The Bertz CT molecular complexity index is 1040. The van der Waals surface area contributed by atoms with Crippen molar-refractivity contribution in [2.24, 2.45) is 0 Å². The number of carbonyl (C=O) groups is 3. The average molecular weight is 398 g/mol. The van der Waals surface area contributed by atoms with Crippen LogP contribution < -0.4 is 16.0 Å². The van der Waals surface area contributed by atoms with Crippen molar-refractivity contribution in [1.29, 1.82) is 0 Å². The summed E-state index contributed by atoms with van der Waals surface area (Å²) in [6.07, 6.45) is 0. The normalized spacial score (nSPS) is 18.9. The largest absolute Gasteiger partial charge is 0.322 e. The smallest absolute Gasteiger partial charge is 0.321 e. The summed E-state index contributed by atoms with van der Waals surface area (Å²) >= 11 is 2.98. The zero-order valence-corrected chi connectivity index (χ0v) is 15.7. The van der Waals surface area contributed by atoms with E-state index in [1.165, 1.54) is 11.3 Å². The van der Waals surface area contributed by atoms with Crippen LogP contribution in [0.3, 0.4) is 0 Å². The molecule has 9 heteroatoms. The third kappa shape index (κ3) is 3.22. The highest BCUT2D eigenvalue weighted by Gasteiger charge is 2.43. The first-order valence-corrected chi connectivity index (χ1v) is 9.81. The maximum Gasteiger partial charge on any atom is 0.322 e. The number of hydrogen-bond donors (Lipinski definition) is 3. The molecule has 1 aromatic carbocycles. The molecule has 0 bridgehead atoms. The van der Waals surface area contributed by atoms with Crippen molar-refractivity contribution < 1.29 is 14.4 Å². The Morgan fingerprint density at radius 1 is 1.22 bits per heavy atom. The lowest BCUT2D eigenvalue weighted by Crippen LogP contribution is -2.40. The molecule has 4 amide bonds. The van der Waals surface area contributed by atoms with Crippen molar-refractivity contribution >= 4 is 46.2 Å². The lowest BCUT2D eigenvalue weighted by atomic mass is 9.92. The van der Waals surface area contributed by atoms with E-state index in [-0.39, 0.29) is 5.91 Å². The van der Waals surface area contributed by atoms with Gasteiger partial charge >= 0.3 is 6.03 Å². The third-order valence-corrected chi connectivity index (χ3v) is 5.82. The van der Waals surface area contributed by atoms with Crippen molar-refractivity contribution in [3.05, 3.63) is 57.7 Å². The van der Waals surface area contributed by atoms with Crippen LogP contribution in [0.2, 0.25) is 0 Å². The molecule has 3 N–H and O–H groups in total. The number of amides is 4. The van der Waals surface area contributed by atoms with E-state index in [4.69, 9.17) is 0 Å². The molecule has 0 radical (unpaired) electrons. The minimum Gasteiger partial charge on any atom is -0.321 e. The molecule has 1 aliphatic heterocycles. The summed E-state index contributed by atoms with van der Waals surface area (Å²) in [7, 11) is 0. The highest BCUT2D eigenvalue weighted by Crippen LogP contribution is 2.28. The summed E-state index contributed by atoms with van der Waals surface area (Å²) in [4.78, 5) is 40.4. The van der Waals surface area contributed by atoms with E-state index >= 15 is 0 Å². The zero-order chi connectivity index (χ0) is 19.0. The van der Waals surface area contributed by atoms with Crippen LogP contribution in [0.1, 0.15) is 23.0 Å². The lowest BCUT2D eigenvalue weighted by Gasteiger charge is -2.21. The van der Waals surface area contributed by atoms with Crippen LogP contribution in [0.5, 0.6) is 0 Å². The van der Waals surface area contributed by atoms with E-state index in [0.717, 1.165) is 10.6 Å². The fraction of sp³-hybridized carbons (Fsp3) is 0.111. The Balaban J connectivity index is 1.54. The number of imide groups is 1. The summed E-state index contributed by atoms with van der Waals surface area (Å²) in [5, 5.41) is 14.0. The van der Waals surface area contributed by atoms with Crippen molar-refractivity contribution in [2.45, 2.75) is 12.5 Å². The number of benzene rings is 1. The Morgan fingerprint density at radius 2 is 2.07 bits per heavy atom. The molecule has 27 heavy (non-hydrogen) atoms. The molecule has 3 aromatic rings. The predicted molar refractivity (Wildman–Crippen MR) is 104 cm³/mol. The maximum atomic E-state index is 12.5. The van der Waals surface area contributed by atoms with Gasteiger partial charge in [-0.2, -0.15) is 11.3 Å². The molecule has 1 saturated heterocycles. The third-order valence-electron chi connectivity index (χ3n) is 4.25. The Labute approximate surface area is 162 Å². The van der Waals surface area contributed by atoms with E-state index in [9.17, 15) is 14.4 Å². The molecule has 0 unspecified atom stereocenters. The standard InChI is InChI=1S/C18H14N4O3S2/c1-18(16(24)21-17(25)22-18)11-3-2-4-12(7-11)19-14(23)13-9-27-15(20-13)10-5-6-26-8-10/h2-9H,1H3,(H,19,23)(H2,21,22,24,25)/t18-/m0/s1. The van der Waals surface area contributed by atoms with Gasteiger partial charge in [-0.3, -0.25) is 14.9 Å². The number of carbonyl (C=O) groups excluding carboxylic acids is 3. The highest BCUT2D eigenvalue weighted by molar-refractivity contribution is 7.14. The number of nitrogens with one attached hydrogen (secondary N) is 3. The molecule has 1 atom stereocenters. The van der Waals surface area contributed by atoms with Crippen molar-refractivity contribution in [3.63, 3.8) is 0 Å². The van der Waals surface area contributed by atoms with Crippen LogP contribution in [0.25, 0.3) is 10.6 Å². The number of nitrogens with zero attached hydrogens (tertiary/aromatic N) is 1. The monoisotopic (exact) mass is 398 g/mol. The van der Waals surface area contributed by atoms with Gasteiger partial charge in [0.25, 0.3) is 11.8 Å². The number of aromatic nitrogens is 1. The van der Waals surface area contributed by atoms with Crippen LogP contribution >= 0.6 is 22.7 Å². The van der Waals surface area contributed by atoms with E-state index in [2.05, 4.69) is 20.9 Å². The number of anilines is 1. The first-order chi connectivity index (χ1) is 13.0. The van der Waals surface area contributed by atoms with Gasteiger partial charge in [-0.05, 0) is 36.1 Å². The number of urea groups is 1. The SMILES string of the molecule is C[C@@]1(c2cccc(NC(=O)c3csc(-c4ccsc4)n3)c2)NC(=O)NC1=O. The van der Waals surface area contributed by atoms with Crippen LogP contribution in [-0.2, 0) is 10.3 Å². The maximum absolute atomic E-state index is 12.5. The molecule has 0 spiro atoms.